The summed E-state index contributed by atoms with van der Waals surface area (Å²) >= 11 is 0. The van der Waals surface area contributed by atoms with E-state index in [2.05, 4.69) is 10.0 Å². The van der Waals surface area contributed by atoms with Gasteiger partial charge >= 0.3 is 0 Å². The molecule has 1 aromatic carbocycles. The van der Waals surface area contributed by atoms with Crippen LogP contribution in [0.3, 0.4) is 0 Å². The number of hydrogen-bond donors (Lipinski definition) is 2. The second-order valence-corrected chi connectivity index (χ2v) is 8.72. The Hall–Kier alpha value is -1.48. The monoisotopic (exact) mass is 398 g/mol. The zero-order valence-corrected chi connectivity index (χ0v) is 17.1. The third kappa shape index (κ3) is 6.57. The Morgan fingerprint density at radius 1 is 1.41 bits per heavy atom. The summed E-state index contributed by atoms with van der Waals surface area (Å²) in [7, 11) is -2.18. The molecule has 0 aliphatic carbocycles. The highest BCUT2D eigenvalue weighted by Crippen LogP contribution is 2.19. The van der Waals surface area contributed by atoms with Gasteiger partial charge in [-0.3, -0.25) is 4.79 Å². The molecule has 1 aromatic rings. The fourth-order valence-corrected chi connectivity index (χ4v) is 4.09. The highest BCUT2D eigenvalue weighted by molar-refractivity contribution is 7.89. The lowest BCUT2D eigenvalue weighted by Crippen LogP contribution is -2.34. The van der Waals surface area contributed by atoms with Crippen molar-refractivity contribution >= 4 is 15.9 Å². The van der Waals surface area contributed by atoms with Crippen molar-refractivity contribution in [3.05, 3.63) is 29.3 Å². The molecule has 0 radical (unpaired) electrons. The van der Waals surface area contributed by atoms with E-state index >= 15 is 0 Å². The third-order valence-electron chi connectivity index (χ3n) is 4.69. The van der Waals surface area contributed by atoms with Crippen LogP contribution < -0.4 is 10.0 Å². The molecular weight excluding hydrogens is 368 g/mol. The summed E-state index contributed by atoms with van der Waals surface area (Å²) in [4.78, 5) is 12.7. The average Bonchev–Trinajstić information content (AvgIpc) is 3.13. The van der Waals surface area contributed by atoms with Crippen LogP contribution in [0, 0.1) is 6.92 Å². The van der Waals surface area contributed by atoms with Gasteiger partial charge in [0, 0.05) is 31.9 Å². The molecule has 1 aliphatic heterocycles. The largest absolute Gasteiger partial charge is 0.383 e. The number of hydrogen-bond acceptors (Lipinski definition) is 5. The molecule has 2 atom stereocenters. The van der Waals surface area contributed by atoms with Gasteiger partial charge in [-0.1, -0.05) is 6.07 Å². The highest BCUT2D eigenvalue weighted by atomic mass is 32.2. The first-order valence-corrected chi connectivity index (χ1v) is 10.8. The quantitative estimate of drug-likeness (QED) is 0.588. The number of rotatable bonds is 10. The van der Waals surface area contributed by atoms with Crippen LogP contribution in [0.4, 0.5) is 0 Å². The minimum atomic E-state index is -3.68. The number of aryl methyl sites for hydroxylation is 1. The number of benzene rings is 1. The first kappa shape index (κ1) is 21.8. The summed E-state index contributed by atoms with van der Waals surface area (Å²) in [5.74, 6) is -0.263. The molecule has 0 aromatic heterocycles. The molecule has 0 spiro atoms. The van der Waals surface area contributed by atoms with Gasteiger partial charge in [0.25, 0.3) is 5.91 Å². The Morgan fingerprint density at radius 3 is 2.85 bits per heavy atom. The van der Waals surface area contributed by atoms with E-state index in [4.69, 9.17) is 9.47 Å². The van der Waals surface area contributed by atoms with Gasteiger partial charge in [0.05, 0.1) is 17.6 Å². The molecule has 8 heteroatoms. The van der Waals surface area contributed by atoms with Crippen molar-refractivity contribution in [3.63, 3.8) is 0 Å². The molecule has 1 amide bonds. The van der Waals surface area contributed by atoms with Gasteiger partial charge < -0.3 is 14.8 Å². The number of carbonyl (C=O) groups excluding carboxylic acids is 1. The second-order valence-electron chi connectivity index (χ2n) is 6.95. The highest BCUT2D eigenvalue weighted by Gasteiger charge is 2.20. The van der Waals surface area contributed by atoms with Crippen LogP contribution >= 0.6 is 0 Å². The third-order valence-corrected chi connectivity index (χ3v) is 6.14. The van der Waals surface area contributed by atoms with Crippen molar-refractivity contribution in [2.45, 2.75) is 56.6 Å². The molecule has 1 aliphatic rings. The Balaban J connectivity index is 2.00. The van der Waals surface area contributed by atoms with Crippen molar-refractivity contribution in [2.24, 2.45) is 0 Å². The van der Waals surface area contributed by atoms with E-state index in [1.165, 1.54) is 19.2 Å². The van der Waals surface area contributed by atoms with Gasteiger partial charge in [-0.15, -0.1) is 0 Å². The molecule has 0 saturated carbocycles. The number of nitrogens with one attached hydrogen (secondary N) is 2. The van der Waals surface area contributed by atoms with Gasteiger partial charge in [-0.05, 0) is 57.2 Å². The number of ether oxygens (including phenoxy) is 2. The van der Waals surface area contributed by atoms with Crippen molar-refractivity contribution in [1.29, 1.82) is 0 Å². The zero-order chi connectivity index (χ0) is 19.9. The molecule has 1 heterocycles. The first-order chi connectivity index (χ1) is 12.8. The SMILES string of the molecule is COCCNS(=O)(=O)c1ccc(C)c(C(=O)NC(C)CCC2CCCO2)c1. The van der Waals surface area contributed by atoms with Gasteiger partial charge in [0.15, 0.2) is 0 Å². The Kier molecular flexibility index (Phi) is 8.22. The summed E-state index contributed by atoms with van der Waals surface area (Å²) in [6, 6.07) is 4.56. The molecule has 2 rings (SSSR count). The minimum Gasteiger partial charge on any atom is -0.383 e. The molecule has 1 saturated heterocycles. The van der Waals surface area contributed by atoms with Gasteiger partial charge in [-0.2, -0.15) is 0 Å². The maximum absolute atomic E-state index is 12.6. The fourth-order valence-electron chi connectivity index (χ4n) is 3.06. The predicted octanol–water partition coefficient (Wildman–Crippen LogP) is 2.00. The van der Waals surface area contributed by atoms with E-state index < -0.39 is 10.0 Å². The molecule has 2 N–H and O–H groups in total. The molecular formula is C19H30N2O5S. The van der Waals surface area contributed by atoms with E-state index in [1.807, 2.05) is 6.92 Å². The number of sulfonamides is 1. The second kappa shape index (κ2) is 10.2. The van der Waals surface area contributed by atoms with Crippen LogP contribution in [0.25, 0.3) is 0 Å². The van der Waals surface area contributed by atoms with Crippen molar-refractivity contribution in [1.82, 2.24) is 10.0 Å². The summed E-state index contributed by atoms with van der Waals surface area (Å²) in [6.07, 6.45) is 4.21. The lowest BCUT2D eigenvalue weighted by atomic mass is 10.1. The fraction of sp³-hybridized carbons (Fsp3) is 0.632. The standard InChI is InChI=1S/C19H30N2O5S/c1-14-6-9-17(27(23,24)20-10-12-25-3)13-18(14)19(22)21-15(2)7-8-16-5-4-11-26-16/h6,9,13,15-16,20H,4-5,7-8,10-12H2,1-3H3,(H,21,22). The van der Waals surface area contributed by atoms with E-state index in [0.717, 1.165) is 37.9 Å². The van der Waals surface area contributed by atoms with E-state index in [0.29, 0.717) is 5.56 Å². The minimum absolute atomic E-state index is 0.0128. The molecule has 0 bridgehead atoms. The number of methoxy groups -OCH3 is 1. The van der Waals surface area contributed by atoms with Crippen LogP contribution in [-0.2, 0) is 19.5 Å². The lowest BCUT2D eigenvalue weighted by molar-refractivity contribution is 0.0898. The van der Waals surface area contributed by atoms with Gasteiger partial charge in [0.1, 0.15) is 0 Å². The maximum Gasteiger partial charge on any atom is 0.251 e. The van der Waals surface area contributed by atoms with Crippen LogP contribution in [0.2, 0.25) is 0 Å². The topological polar surface area (TPSA) is 93.7 Å². The molecule has 152 valence electrons. The number of carbonyl (C=O) groups is 1. The molecule has 2 unspecified atom stereocenters. The predicted molar refractivity (Wildman–Crippen MR) is 103 cm³/mol. The number of amides is 1. The smallest absolute Gasteiger partial charge is 0.251 e. The van der Waals surface area contributed by atoms with Crippen LogP contribution in [0.5, 0.6) is 0 Å². The Labute approximate surface area is 161 Å². The van der Waals surface area contributed by atoms with Crippen LogP contribution in [-0.4, -0.2) is 53.3 Å². The summed E-state index contributed by atoms with van der Waals surface area (Å²) < 4.78 is 37.6. The Morgan fingerprint density at radius 2 is 2.19 bits per heavy atom. The molecule has 7 nitrogen and oxygen atoms in total. The zero-order valence-electron chi connectivity index (χ0n) is 16.3. The van der Waals surface area contributed by atoms with Crippen molar-refractivity contribution in [2.75, 3.05) is 26.9 Å². The van der Waals surface area contributed by atoms with E-state index in [-0.39, 0.29) is 36.1 Å². The summed E-state index contributed by atoms with van der Waals surface area (Å²) in [5, 5.41) is 2.96. The molecule has 1 fully saturated rings. The normalized spacial score (nSPS) is 18.4. The van der Waals surface area contributed by atoms with E-state index in [1.54, 1.807) is 13.0 Å². The van der Waals surface area contributed by atoms with Crippen molar-refractivity contribution < 1.29 is 22.7 Å². The average molecular weight is 399 g/mol. The van der Waals surface area contributed by atoms with Crippen LogP contribution in [0.1, 0.15) is 48.5 Å². The van der Waals surface area contributed by atoms with Gasteiger partial charge in [0.2, 0.25) is 10.0 Å². The van der Waals surface area contributed by atoms with Gasteiger partial charge in [-0.25, -0.2) is 13.1 Å². The van der Waals surface area contributed by atoms with Crippen molar-refractivity contribution in [3.8, 4) is 0 Å². The van der Waals surface area contributed by atoms with E-state index in [9.17, 15) is 13.2 Å². The molecule has 27 heavy (non-hydrogen) atoms. The maximum atomic E-state index is 12.6. The lowest BCUT2D eigenvalue weighted by Gasteiger charge is -2.17. The Bertz CT molecular complexity index is 730. The first-order valence-electron chi connectivity index (χ1n) is 9.35. The summed E-state index contributed by atoms with van der Waals surface area (Å²) in [5.41, 5.74) is 1.10. The summed E-state index contributed by atoms with van der Waals surface area (Å²) in [6.45, 7) is 5.02. The van der Waals surface area contributed by atoms with Crippen LogP contribution in [0.15, 0.2) is 23.1 Å².